The zero-order chi connectivity index (χ0) is 8.81. The van der Waals surface area contributed by atoms with Gasteiger partial charge in [0.1, 0.15) is 0 Å². The van der Waals surface area contributed by atoms with Crippen LogP contribution in [-0.2, 0) is 0 Å². The summed E-state index contributed by atoms with van der Waals surface area (Å²) in [5.41, 5.74) is 8.33. The monoisotopic (exact) mass is 198 g/mol. The first-order valence-corrected chi connectivity index (χ1v) is 3.69. The number of rotatable bonds is 2. The van der Waals surface area contributed by atoms with E-state index < -0.39 is 0 Å². The molecule has 0 spiro atoms. The third-order valence-electron chi connectivity index (χ3n) is 1.06. The first kappa shape index (κ1) is 11.5. The van der Waals surface area contributed by atoms with E-state index >= 15 is 0 Å². The molecule has 0 unspecified atom stereocenters. The number of pyridine rings is 1. The first-order valence-electron chi connectivity index (χ1n) is 3.28. The van der Waals surface area contributed by atoms with Crippen LogP contribution in [0.3, 0.4) is 0 Å². The average molecular weight is 198 g/mol. The summed E-state index contributed by atoms with van der Waals surface area (Å²) in [5, 5.41) is 3.88. The molecule has 0 atom stereocenters. The van der Waals surface area contributed by atoms with E-state index in [2.05, 4.69) is 27.7 Å². The molecule has 13 heavy (non-hydrogen) atoms. The van der Waals surface area contributed by atoms with Gasteiger partial charge in [-0.3, -0.25) is 10.4 Å². The van der Waals surface area contributed by atoms with Crippen molar-refractivity contribution in [2.75, 3.05) is 0 Å². The Hall–Kier alpha value is -1.53. The Morgan fingerprint density at radius 1 is 1.62 bits per heavy atom. The molecule has 70 valence electrons. The van der Waals surface area contributed by atoms with Crippen LogP contribution in [0.5, 0.6) is 0 Å². The van der Waals surface area contributed by atoms with Gasteiger partial charge in [0.05, 0.1) is 11.9 Å². The van der Waals surface area contributed by atoms with E-state index in [1.807, 2.05) is 18.2 Å². The van der Waals surface area contributed by atoms with Crippen LogP contribution in [0.4, 0.5) is 0 Å². The topological polar surface area (TPSA) is 94.8 Å². The van der Waals surface area contributed by atoms with Crippen molar-refractivity contribution in [1.82, 2.24) is 10.4 Å². The second-order valence-electron chi connectivity index (χ2n) is 1.99. The molecule has 1 aromatic rings. The minimum Gasteiger partial charge on any atom is -0.412 e. The number of hydrogen-bond donors (Lipinski definition) is 2. The zero-order valence-electron chi connectivity index (χ0n) is 6.77. The third-order valence-corrected chi connectivity index (χ3v) is 1.15. The highest BCUT2D eigenvalue weighted by Gasteiger charge is 1.84. The summed E-state index contributed by atoms with van der Waals surface area (Å²) in [6.07, 6.45) is 3.22. The smallest absolute Gasteiger partial charge is 0.184 e. The van der Waals surface area contributed by atoms with E-state index in [0.29, 0.717) is 0 Å². The maximum absolute atomic E-state index is 5.14. The fourth-order valence-corrected chi connectivity index (χ4v) is 0.667. The Kier molecular flexibility index (Phi) is 5.33. The molecule has 1 heterocycles. The van der Waals surface area contributed by atoms with Gasteiger partial charge >= 0.3 is 0 Å². The molecule has 0 aliphatic rings. The molecule has 0 radical (unpaired) electrons. The molecule has 0 fully saturated rings. The van der Waals surface area contributed by atoms with Crippen molar-refractivity contribution in [2.45, 2.75) is 0 Å². The van der Waals surface area contributed by atoms with E-state index in [9.17, 15) is 0 Å². The summed E-state index contributed by atoms with van der Waals surface area (Å²) in [4.78, 5) is 4.00. The van der Waals surface area contributed by atoms with Gasteiger partial charge in [-0.25, -0.2) is 0 Å². The van der Waals surface area contributed by atoms with E-state index in [1.54, 1.807) is 12.4 Å². The van der Waals surface area contributed by atoms with Crippen molar-refractivity contribution in [3.8, 4) is 0 Å². The Labute approximate surface area is 81.0 Å². The number of aromatic nitrogens is 1. The van der Waals surface area contributed by atoms with Crippen LogP contribution in [0.2, 0.25) is 0 Å². The predicted octanol–water partition coefficient (Wildman–Crippen LogP) is -0.576. The lowest BCUT2D eigenvalue weighted by Gasteiger charge is -1.92. The van der Waals surface area contributed by atoms with Crippen LogP contribution in [-0.4, -0.2) is 21.8 Å². The second kappa shape index (κ2) is 6.04. The van der Waals surface area contributed by atoms with Crippen molar-refractivity contribution in [3.05, 3.63) is 30.1 Å². The van der Waals surface area contributed by atoms with Gasteiger partial charge in [0, 0.05) is 6.20 Å². The van der Waals surface area contributed by atoms with Crippen LogP contribution in [0.25, 0.3) is 0 Å². The van der Waals surface area contributed by atoms with Gasteiger partial charge in [-0.15, -0.1) is 0 Å². The number of hydrazone groups is 1. The molecule has 1 aromatic heterocycles. The van der Waals surface area contributed by atoms with Gasteiger partial charge in [0.2, 0.25) is 0 Å². The second-order valence-corrected chi connectivity index (χ2v) is 2.43. The molecule has 5 nitrogen and oxygen atoms in total. The van der Waals surface area contributed by atoms with Gasteiger partial charge in [0.25, 0.3) is 0 Å². The van der Waals surface area contributed by atoms with E-state index in [1.165, 1.54) is 0 Å². The lowest BCUT2D eigenvalue weighted by Crippen LogP contribution is -2.24. The molecule has 0 saturated heterocycles. The fraction of sp³-hybridized carbons (Fsp3) is 0. The lowest BCUT2D eigenvalue weighted by molar-refractivity contribution is 0.824. The normalized spacial score (nSPS) is 9.23. The average Bonchev–Trinajstić information content (AvgIpc) is 2.05. The first-order chi connectivity index (χ1) is 5.79. The predicted molar refractivity (Wildman–Crippen MR) is 55.4 cm³/mol. The Balaban J connectivity index is 0.00000144. The maximum Gasteiger partial charge on any atom is 0.184 e. The minimum atomic E-state index is 0. The number of nitrogens with one attached hydrogen (secondary N) is 1. The lowest BCUT2D eigenvalue weighted by atomic mass is 10.4. The standard InChI is InChI=1S/C7H8N4S.H2O/c8-7(12)11-10-5-6-3-1-2-4-9-6;/h1-5H,(H3,8,11,12);1H2. The zero-order valence-corrected chi connectivity index (χ0v) is 7.58. The summed E-state index contributed by atoms with van der Waals surface area (Å²) >= 11 is 4.54. The molecule has 0 bridgehead atoms. The van der Waals surface area contributed by atoms with Crippen molar-refractivity contribution < 1.29 is 5.48 Å². The molecule has 5 N–H and O–H groups in total. The summed E-state index contributed by atoms with van der Waals surface area (Å²) in [7, 11) is 0. The van der Waals surface area contributed by atoms with Gasteiger partial charge in [0.15, 0.2) is 5.11 Å². The molecule has 0 aromatic carbocycles. The van der Waals surface area contributed by atoms with Gasteiger partial charge in [-0.1, -0.05) is 6.07 Å². The van der Waals surface area contributed by atoms with Crippen LogP contribution in [0.1, 0.15) is 5.69 Å². The Bertz CT molecular complexity index is 288. The molecular weight excluding hydrogens is 188 g/mol. The van der Waals surface area contributed by atoms with Gasteiger partial charge in [-0.2, -0.15) is 5.10 Å². The molecule has 0 amide bonds. The SMILES string of the molecule is NC(=S)NN=Cc1ccccn1.O. The highest BCUT2D eigenvalue weighted by atomic mass is 32.1. The number of nitrogens with zero attached hydrogens (tertiary/aromatic N) is 2. The fourth-order valence-electron chi connectivity index (χ4n) is 0.614. The van der Waals surface area contributed by atoms with Crippen molar-refractivity contribution in [3.63, 3.8) is 0 Å². The van der Waals surface area contributed by atoms with Crippen LogP contribution in [0, 0.1) is 0 Å². The van der Waals surface area contributed by atoms with Crippen molar-refractivity contribution in [2.24, 2.45) is 10.8 Å². The summed E-state index contributed by atoms with van der Waals surface area (Å²) in [5.74, 6) is 0. The van der Waals surface area contributed by atoms with Gasteiger partial charge in [-0.05, 0) is 24.4 Å². The number of thiocarbonyl (C=S) groups is 1. The van der Waals surface area contributed by atoms with Crippen LogP contribution < -0.4 is 11.2 Å². The highest BCUT2D eigenvalue weighted by molar-refractivity contribution is 7.80. The molecule has 0 saturated carbocycles. The molecular formula is C7H10N4OS. The summed E-state index contributed by atoms with van der Waals surface area (Å²) in [6.45, 7) is 0. The maximum atomic E-state index is 5.14. The molecule has 1 rings (SSSR count). The summed E-state index contributed by atoms with van der Waals surface area (Å²) < 4.78 is 0. The van der Waals surface area contributed by atoms with Crippen LogP contribution in [0.15, 0.2) is 29.5 Å². The molecule has 0 aliphatic carbocycles. The molecule has 6 heteroatoms. The Morgan fingerprint density at radius 3 is 2.92 bits per heavy atom. The summed E-state index contributed by atoms with van der Waals surface area (Å²) in [6, 6.07) is 5.53. The largest absolute Gasteiger partial charge is 0.412 e. The van der Waals surface area contributed by atoms with E-state index in [0.717, 1.165) is 5.69 Å². The highest BCUT2D eigenvalue weighted by Crippen LogP contribution is 1.86. The Morgan fingerprint density at radius 2 is 2.38 bits per heavy atom. The van der Waals surface area contributed by atoms with E-state index in [-0.39, 0.29) is 10.6 Å². The quantitative estimate of drug-likeness (QED) is 0.378. The van der Waals surface area contributed by atoms with Crippen LogP contribution >= 0.6 is 12.2 Å². The number of hydrogen-bond acceptors (Lipinski definition) is 3. The third kappa shape index (κ3) is 4.83. The number of nitrogens with two attached hydrogens (primary N) is 1. The minimum absolute atomic E-state index is 0. The van der Waals surface area contributed by atoms with Crippen molar-refractivity contribution >= 4 is 23.5 Å². The van der Waals surface area contributed by atoms with Crippen molar-refractivity contribution in [1.29, 1.82) is 0 Å². The van der Waals surface area contributed by atoms with Gasteiger partial charge < -0.3 is 11.2 Å². The molecule has 0 aliphatic heterocycles. The van der Waals surface area contributed by atoms with E-state index in [4.69, 9.17) is 5.73 Å².